The summed E-state index contributed by atoms with van der Waals surface area (Å²) < 4.78 is 11.0. The Kier molecular flexibility index (Phi) is 5.60. The lowest BCUT2D eigenvalue weighted by Crippen LogP contribution is -2.45. The van der Waals surface area contributed by atoms with Gasteiger partial charge in [-0.1, -0.05) is 6.92 Å². The Morgan fingerprint density at radius 2 is 1.96 bits per heavy atom. The van der Waals surface area contributed by atoms with Crippen molar-refractivity contribution in [3.63, 3.8) is 0 Å². The van der Waals surface area contributed by atoms with Crippen LogP contribution in [0.3, 0.4) is 0 Å². The van der Waals surface area contributed by atoms with Crippen LogP contribution in [-0.2, 0) is 14.3 Å². The molecule has 1 saturated carbocycles. The summed E-state index contributed by atoms with van der Waals surface area (Å²) in [5.41, 5.74) is 4.90. The third-order valence-electron chi connectivity index (χ3n) is 3.91. The van der Waals surface area contributed by atoms with E-state index in [1.54, 1.807) is 24.3 Å². The van der Waals surface area contributed by atoms with Gasteiger partial charge < -0.3 is 20.5 Å². The van der Waals surface area contributed by atoms with Crippen molar-refractivity contribution in [3.05, 3.63) is 24.3 Å². The van der Waals surface area contributed by atoms with E-state index in [2.05, 4.69) is 5.32 Å². The van der Waals surface area contributed by atoms with Crippen molar-refractivity contribution in [1.82, 2.24) is 0 Å². The van der Waals surface area contributed by atoms with E-state index in [-0.39, 0.29) is 18.4 Å². The summed E-state index contributed by atoms with van der Waals surface area (Å²) in [5.74, 6) is 0.149. The van der Waals surface area contributed by atoms with E-state index in [0.29, 0.717) is 18.0 Å². The maximum Gasteiger partial charge on any atom is 0.256 e. The minimum absolute atomic E-state index is 0.126. The molecular weight excluding hydrogens is 296 g/mol. The van der Waals surface area contributed by atoms with E-state index in [4.69, 9.17) is 15.2 Å². The molecule has 0 aromatic heterocycles. The highest BCUT2D eigenvalue weighted by Gasteiger charge is 2.48. The predicted octanol–water partition coefficient (Wildman–Crippen LogP) is 2.08. The number of benzene rings is 1. The predicted molar refractivity (Wildman–Crippen MR) is 87.1 cm³/mol. The first-order chi connectivity index (χ1) is 11.0. The third-order valence-corrected chi connectivity index (χ3v) is 3.91. The Labute approximate surface area is 136 Å². The molecule has 126 valence electrons. The van der Waals surface area contributed by atoms with Crippen molar-refractivity contribution < 1.29 is 19.1 Å². The molecule has 1 aliphatic carbocycles. The van der Waals surface area contributed by atoms with Crippen LogP contribution in [0.2, 0.25) is 0 Å². The normalized spacial score (nSPS) is 16.4. The Morgan fingerprint density at radius 1 is 1.30 bits per heavy atom. The number of nitrogens with two attached hydrogens (primary N) is 1. The summed E-state index contributed by atoms with van der Waals surface area (Å²) in [7, 11) is 0. The highest BCUT2D eigenvalue weighted by molar-refractivity contribution is 5.97. The Morgan fingerprint density at radius 3 is 2.48 bits per heavy atom. The van der Waals surface area contributed by atoms with Gasteiger partial charge in [0.05, 0.1) is 0 Å². The van der Waals surface area contributed by atoms with Gasteiger partial charge in [0.2, 0.25) is 0 Å². The molecule has 0 heterocycles. The molecule has 1 fully saturated rings. The number of carbonyl (C=O) groups excluding carboxylic acids is 2. The van der Waals surface area contributed by atoms with Crippen LogP contribution < -0.4 is 15.8 Å². The second kappa shape index (κ2) is 7.46. The standard InChI is InChI=1S/C17H24N2O4/c1-3-10-23-17(2,12-4-5-12)16(21)19-13-6-8-14(9-7-13)22-11-15(18)20/h6-9,12H,3-5,10-11H2,1-2H3,(H2,18,20)(H,19,21)/t17-/m1/s1. The van der Waals surface area contributed by atoms with Gasteiger partial charge in [-0.25, -0.2) is 0 Å². The first kappa shape index (κ1) is 17.3. The molecule has 1 atom stereocenters. The highest BCUT2D eigenvalue weighted by atomic mass is 16.5. The number of rotatable bonds is 9. The van der Waals surface area contributed by atoms with Gasteiger partial charge in [0.1, 0.15) is 11.4 Å². The van der Waals surface area contributed by atoms with Gasteiger partial charge in [0, 0.05) is 12.3 Å². The number of primary amides is 1. The zero-order valence-corrected chi connectivity index (χ0v) is 13.6. The van der Waals surface area contributed by atoms with Gasteiger partial charge in [0.15, 0.2) is 6.61 Å². The van der Waals surface area contributed by atoms with E-state index in [1.807, 2.05) is 13.8 Å². The average molecular weight is 320 g/mol. The smallest absolute Gasteiger partial charge is 0.256 e. The third kappa shape index (κ3) is 4.69. The largest absolute Gasteiger partial charge is 0.484 e. The molecule has 1 aromatic carbocycles. The fourth-order valence-electron chi connectivity index (χ4n) is 2.36. The maximum atomic E-state index is 12.6. The van der Waals surface area contributed by atoms with E-state index >= 15 is 0 Å². The molecule has 23 heavy (non-hydrogen) atoms. The molecule has 0 unspecified atom stereocenters. The van der Waals surface area contributed by atoms with E-state index < -0.39 is 11.5 Å². The average Bonchev–Trinajstić information content (AvgIpc) is 3.37. The second-order valence-electron chi connectivity index (χ2n) is 5.96. The summed E-state index contributed by atoms with van der Waals surface area (Å²) in [6.45, 7) is 4.28. The lowest BCUT2D eigenvalue weighted by Gasteiger charge is -2.28. The zero-order valence-electron chi connectivity index (χ0n) is 13.6. The molecule has 2 amide bonds. The number of hydrogen-bond donors (Lipinski definition) is 2. The summed E-state index contributed by atoms with van der Waals surface area (Å²) in [6.07, 6.45) is 2.92. The van der Waals surface area contributed by atoms with Crippen molar-refractivity contribution >= 4 is 17.5 Å². The molecule has 0 bridgehead atoms. The van der Waals surface area contributed by atoms with Gasteiger partial charge in [0.25, 0.3) is 11.8 Å². The van der Waals surface area contributed by atoms with E-state index in [0.717, 1.165) is 19.3 Å². The molecule has 6 nitrogen and oxygen atoms in total. The lowest BCUT2D eigenvalue weighted by atomic mass is 9.98. The van der Waals surface area contributed by atoms with Gasteiger partial charge in [-0.3, -0.25) is 9.59 Å². The summed E-state index contributed by atoms with van der Waals surface area (Å²) in [4.78, 5) is 23.3. The molecule has 0 aliphatic heterocycles. The number of amides is 2. The Bertz CT molecular complexity index is 554. The number of hydrogen-bond acceptors (Lipinski definition) is 4. The number of ether oxygens (including phenoxy) is 2. The zero-order chi connectivity index (χ0) is 16.9. The molecule has 2 rings (SSSR count). The fourth-order valence-corrected chi connectivity index (χ4v) is 2.36. The van der Waals surface area contributed by atoms with Gasteiger partial charge in [-0.2, -0.15) is 0 Å². The summed E-state index contributed by atoms with van der Waals surface area (Å²) in [6, 6.07) is 6.81. The van der Waals surface area contributed by atoms with Gasteiger partial charge >= 0.3 is 0 Å². The van der Waals surface area contributed by atoms with Crippen LogP contribution in [0.1, 0.15) is 33.1 Å². The molecule has 0 saturated heterocycles. The summed E-state index contributed by atoms with van der Waals surface area (Å²) >= 11 is 0. The van der Waals surface area contributed by atoms with Crippen LogP contribution in [0.15, 0.2) is 24.3 Å². The quantitative estimate of drug-likeness (QED) is 0.729. The number of carbonyl (C=O) groups is 2. The van der Waals surface area contributed by atoms with Crippen molar-refractivity contribution in [2.45, 2.75) is 38.7 Å². The van der Waals surface area contributed by atoms with Crippen molar-refractivity contribution in [2.75, 3.05) is 18.5 Å². The minimum atomic E-state index is -0.781. The van der Waals surface area contributed by atoms with E-state index in [1.165, 1.54) is 0 Å². The van der Waals surface area contributed by atoms with Crippen molar-refractivity contribution in [2.24, 2.45) is 11.7 Å². The maximum absolute atomic E-state index is 12.6. The molecular formula is C17H24N2O4. The molecule has 1 aliphatic rings. The first-order valence-electron chi connectivity index (χ1n) is 7.92. The molecule has 3 N–H and O–H groups in total. The molecule has 0 spiro atoms. The molecule has 0 radical (unpaired) electrons. The Hall–Kier alpha value is -2.08. The first-order valence-corrected chi connectivity index (χ1v) is 7.92. The number of anilines is 1. The van der Waals surface area contributed by atoms with Crippen molar-refractivity contribution in [3.8, 4) is 5.75 Å². The van der Waals surface area contributed by atoms with Crippen LogP contribution in [0.4, 0.5) is 5.69 Å². The minimum Gasteiger partial charge on any atom is -0.484 e. The highest BCUT2D eigenvalue weighted by Crippen LogP contribution is 2.42. The van der Waals surface area contributed by atoms with Crippen LogP contribution in [-0.4, -0.2) is 30.6 Å². The van der Waals surface area contributed by atoms with Crippen LogP contribution in [0.5, 0.6) is 5.75 Å². The van der Waals surface area contributed by atoms with Crippen LogP contribution in [0.25, 0.3) is 0 Å². The van der Waals surface area contributed by atoms with Crippen LogP contribution >= 0.6 is 0 Å². The van der Waals surface area contributed by atoms with Gasteiger partial charge in [-0.15, -0.1) is 0 Å². The topological polar surface area (TPSA) is 90.7 Å². The number of nitrogens with one attached hydrogen (secondary N) is 1. The summed E-state index contributed by atoms with van der Waals surface area (Å²) in [5, 5.41) is 2.89. The Balaban J connectivity index is 1.96. The van der Waals surface area contributed by atoms with Crippen molar-refractivity contribution in [1.29, 1.82) is 0 Å². The van der Waals surface area contributed by atoms with Gasteiger partial charge in [-0.05, 0) is 56.4 Å². The molecule has 1 aromatic rings. The van der Waals surface area contributed by atoms with Crippen LogP contribution in [0, 0.1) is 5.92 Å². The fraction of sp³-hybridized carbons (Fsp3) is 0.529. The van der Waals surface area contributed by atoms with E-state index in [9.17, 15) is 9.59 Å². The lowest BCUT2D eigenvalue weighted by molar-refractivity contribution is -0.142. The molecule has 6 heteroatoms. The second-order valence-corrected chi connectivity index (χ2v) is 5.96. The monoisotopic (exact) mass is 320 g/mol. The SMILES string of the molecule is CCCO[C@@](C)(C(=O)Nc1ccc(OCC(N)=O)cc1)C1CC1.